The first-order valence-electron chi connectivity index (χ1n) is 6.14. The smallest absolute Gasteiger partial charge is 0.311 e. The van der Waals surface area contributed by atoms with Gasteiger partial charge < -0.3 is 4.74 Å². The molecule has 1 aromatic carbocycles. The van der Waals surface area contributed by atoms with Gasteiger partial charge in [-0.15, -0.1) is 0 Å². The molecule has 0 saturated carbocycles. The zero-order valence-electron chi connectivity index (χ0n) is 10.6. The van der Waals surface area contributed by atoms with Gasteiger partial charge in [0.25, 0.3) is 0 Å². The molecule has 0 atom stereocenters. The summed E-state index contributed by atoms with van der Waals surface area (Å²) in [5, 5.41) is 10.9. The highest BCUT2D eigenvalue weighted by Gasteiger charge is 2.16. The maximum Gasteiger partial charge on any atom is 0.311 e. The Morgan fingerprint density at radius 3 is 2.67 bits per heavy atom. The van der Waals surface area contributed by atoms with E-state index in [1.165, 1.54) is 6.07 Å². The van der Waals surface area contributed by atoms with Gasteiger partial charge in [-0.25, -0.2) is 0 Å². The number of thiol groups is 1. The van der Waals surface area contributed by atoms with Crippen LogP contribution in [0, 0.1) is 17.0 Å². The quantitative estimate of drug-likeness (QED) is 0.338. The molecule has 100 valence electrons. The number of unbranched alkanes of at least 4 members (excludes halogenated alkanes) is 3. The molecule has 0 unspecified atom stereocenters. The van der Waals surface area contributed by atoms with Crippen molar-refractivity contribution in [2.45, 2.75) is 32.6 Å². The number of nitrogens with zero attached hydrogens (tertiary/aromatic N) is 1. The Morgan fingerprint density at radius 1 is 1.28 bits per heavy atom. The number of nitro benzene ring substituents is 1. The summed E-state index contributed by atoms with van der Waals surface area (Å²) < 4.78 is 5.55. The van der Waals surface area contributed by atoms with Crippen molar-refractivity contribution in [3.05, 3.63) is 33.9 Å². The number of aryl methyl sites for hydroxylation is 1. The van der Waals surface area contributed by atoms with Crippen LogP contribution in [0.2, 0.25) is 0 Å². The van der Waals surface area contributed by atoms with Crippen molar-refractivity contribution in [2.75, 3.05) is 12.4 Å². The first-order valence-corrected chi connectivity index (χ1v) is 6.77. The lowest BCUT2D eigenvalue weighted by molar-refractivity contribution is -0.385. The maximum absolute atomic E-state index is 10.9. The predicted octanol–water partition coefficient (Wildman–Crippen LogP) is 3.77. The van der Waals surface area contributed by atoms with E-state index in [1.54, 1.807) is 6.07 Å². The van der Waals surface area contributed by atoms with Crippen molar-refractivity contribution in [2.24, 2.45) is 0 Å². The van der Waals surface area contributed by atoms with E-state index in [0.717, 1.165) is 37.0 Å². The van der Waals surface area contributed by atoms with Crippen LogP contribution in [-0.4, -0.2) is 17.3 Å². The van der Waals surface area contributed by atoms with Crippen molar-refractivity contribution in [3.8, 4) is 5.75 Å². The Morgan fingerprint density at radius 2 is 2.00 bits per heavy atom. The van der Waals surface area contributed by atoms with E-state index in [2.05, 4.69) is 12.6 Å². The van der Waals surface area contributed by atoms with E-state index in [9.17, 15) is 10.1 Å². The molecule has 18 heavy (non-hydrogen) atoms. The molecule has 0 aliphatic heterocycles. The lowest BCUT2D eigenvalue weighted by atomic mass is 10.2. The maximum atomic E-state index is 10.9. The zero-order chi connectivity index (χ0) is 13.4. The lowest BCUT2D eigenvalue weighted by Crippen LogP contribution is -2.02. The fourth-order valence-electron chi connectivity index (χ4n) is 1.71. The fourth-order valence-corrected chi connectivity index (χ4v) is 1.93. The fraction of sp³-hybridized carbons (Fsp3) is 0.538. The van der Waals surface area contributed by atoms with Gasteiger partial charge in [0.05, 0.1) is 11.5 Å². The molecule has 1 rings (SSSR count). The van der Waals surface area contributed by atoms with Crippen LogP contribution in [-0.2, 0) is 0 Å². The van der Waals surface area contributed by atoms with Gasteiger partial charge in [-0.3, -0.25) is 10.1 Å². The number of nitro groups is 1. The minimum atomic E-state index is -0.400. The summed E-state index contributed by atoms with van der Waals surface area (Å²) in [4.78, 5) is 10.5. The van der Waals surface area contributed by atoms with Crippen molar-refractivity contribution in [1.82, 2.24) is 0 Å². The van der Waals surface area contributed by atoms with Crippen LogP contribution in [0.1, 0.15) is 31.2 Å². The first kappa shape index (κ1) is 14.8. The largest absolute Gasteiger partial charge is 0.487 e. The van der Waals surface area contributed by atoms with Crippen molar-refractivity contribution in [3.63, 3.8) is 0 Å². The molecule has 0 bridgehead atoms. The van der Waals surface area contributed by atoms with Crippen LogP contribution < -0.4 is 4.74 Å². The highest BCUT2D eigenvalue weighted by Crippen LogP contribution is 2.30. The van der Waals surface area contributed by atoms with E-state index in [-0.39, 0.29) is 5.69 Å². The third-order valence-corrected chi connectivity index (χ3v) is 3.00. The highest BCUT2D eigenvalue weighted by atomic mass is 32.1. The Hall–Kier alpha value is -1.23. The minimum Gasteiger partial charge on any atom is -0.487 e. The van der Waals surface area contributed by atoms with Gasteiger partial charge in [0.1, 0.15) is 0 Å². The van der Waals surface area contributed by atoms with Crippen molar-refractivity contribution < 1.29 is 9.66 Å². The van der Waals surface area contributed by atoms with Gasteiger partial charge in [0.2, 0.25) is 0 Å². The van der Waals surface area contributed by atoms with E-state index < -0.39 is 4.92 Å². The second kappa shape index (κ2) is 7.97. The number of para-hydroxylation sites is 1. The van der Waals surface area contributed by atoms with Gasteiger partial charge in [-0.1, -0.05) is 25.0 Å². The van der Waals surface area contributed by atoms with E-state index >= 15 is 0 Å². The Kier molecular flexibility index (Phi) is 6.57. The third kappa shape index (κ3) is 4.56. The second-order valence-electron chi connectivity index (χ2n) is 4.17. The Bertz CT molecular complexity index is 396. The summed E-state index contributed by atoms with van der Waals surface area (Å²) in [6, 6.07) is 4.97. The van der Waals surface area contributed by atoms with Gasteiger partial charge in [-0.2, -0.15) is 12.6 Å². The van der Waals surface area contributed by atoms with Crippen molar-refractivity contribution >= 4 is 18.3 Å². The predicted molar refractivity (Wildman–Crippen MR) is 75.6 cm³/mol. The zero-order valence-corrected chi connectivity index (χ0v) is 11.5. The standard InChI is InChI=1S/C13H19NO3S/c1-11-7-6-8-12(14(15)16)13(11)17-9-4-2-3-5-10-18/h6-8,18H,2-5,9-10H2,1H3. The number of hydrogen-bond acceptors (Lipinski definition) is 4. The number of hydrogen-bond donors (Lipinski definition) is 1. The topological polar surface area (TPSA) is 52.4 Å². The molecule has 5 heteroatoms. The van der Waals surface area contributed by atoms with Gasteiger partial charge in [-0.05, 0) is 31.1 Å². The van der Waals surface area contributed by atoms with Crippen LogP contribution in [0.3, 0.4) is 0 Å². The summed E-state index contributed by atoms with van der Waals surface area (Å²) >= 11 is 4.15. The van der Waals surface area contributed by atoms with Crippen molar-refractivity contribution in [1.29, 1.82) is 0 Å². The molecular weight excluding hydrogens is 250 g/mol. The summed E-state index contributed by atoms with van der Waals surface area (Å²) in [5.74, 6) is 1.31. The second-order valence-corrected chi connectivity index (χ2v) is 4.61. The van der Waals surface area contributed by atoms with E-state index in [1.807, 2.05) is 13.0 Å². The van der Waals surface area contributed by atoms with Gasteiger partial charge in [0.15, 0.2) is 5.75 Å². The van der Waals surface area contributed by atoms with Crippen LogP contribution in [0.25, 0.3) is 0 Å². The van der Waals surface area contributed by atoms with Gasteiger partial charge >= 0.3 is 5.69 Å². The molecule has 0 aromatic heterocycles. The summed E-state index contributed by atoms with van der Waals surface area (Å²) in [6.45, 7) is 2.35. The molecule has 0 spiro atoms. The SMILES string of the molecule is Cc1cccc([N+](=O)[O-])c1OCCCCCCS. The lowest BCUT2D eigenvalue weighted by Gasteiger charge is -2.09. The van der Waals surface area contributed by atoms with Crippen LogP contribution in [0.5, 0.6) is 5.75 Å². The summed E-state index contributed by atoms with van der Waals surface area (Å²) in [7, 11) is 0. The Balaban J connectivity index is 2.48. The summed E-state index contributed by atoms with van der Waals surface area (Å²) in [5.41, 5.74) is 0.852. The average molecular weight is 269 g/mol. The normalized spacial score (nSPS) is 10.3. The molecule has 0 N–H and O–H groups in total. The van der Waals surface area contributed by atoms with E-state index in [0.29, 0.717) is 12.4 Å². The van der Waals surface area contributed by atoms with E-state index in [4.69, 9.17) is 4.74 Å². The number of rotatable bonds is 8. The molecule has 4 nitrogen and oxygen atoms in total. The monoisotopic (exact) mass is 269 g/mol. The molecule has 0 aliphatic carbocycles. The average Bonchev–Trinajstić information content (AvgIpc) is 2.34. The van der Waals surface area contributed by atoms with Gasteiger partial charge in [0, 0.05) is 6.07 Å². The minimum absolute atomic E-state index is 0.0466. The molecule has 0 saturated heterocycles. The number of ether oxygens (including phenoxy) is 1. The first-order chi connectivity index (χ1) is 8.66. The molecule has 0 amide bonds. The molecule has 1 aromatic rings. The highest BCUT2D eigenvalue weighted by molar-refractivity contribution is 7.80. The molecule has 0 heterocycles. The van der Waals surface area contributed by atoms with Crippen LogP contribution in [0.4, 0.5) is 5.69 Å². The molecule has 0 fully saturated rings. The molecule has 0 radical (unpaired) electrons. The van der Waals surface area contributed by atoms with Crippen LogP contribution >= 0.6 is 12.6 Å². The third-order valence-electron chi connectivity index (χ3n) is 2.69. The van der Waals surface area contributed by atoms with Crippen LogP contribution in [0.15, 0.2) is 18.2 Å². The molecule has 0 aliphatic rings. The number of benzene rings is 1. The molecular formula is C13H19NO3S. The Labute approximate surface area is 113 Å². The summed E-state index contributed by atoms with van der Waals surface area (Å²) in [6.07, 6.45) is 4.22.